The van der Waals surface area contributed by atoms with Gasteiger partial charge in [0.25, 0.3) is 0 Å². The van der Waals surface area contributed by atoms with Crippen LogP contribution in [0.25, 0.3) is 21.8 Å². The number of rotatable bonds is 3. The summed E-state index contributed by atoms with van der Waals surface area (Å²) >= 11 is 3.58. The van der Waals surface area contributed by atoms with Crippen molar-refractivity contribution in [2.75, 3.05) is 36.8 Å². The van der Waals surface area contributed by atoms with E-state index in [4.69, 9.17) is 10.7 Å². The molecule has 0 saturated carbocycles. The Morgan fingerprint density at radius 2 is 1.72 bits per heavy atom. The van der Waals surface area contributed by atoms with Crippen molar-refractivity contribution in [3.05, 3.63) is 65.0 Å². The number of nitrogens with zero attached hydrogens (tertiary/aromatic N) is 5. The van der Waals surface area contributed by atoms with Crippen LogP contribution in [-0.2, 0) is 6.54 Å². The molecule has 0 aliphatic carbocycles. The quantitative estimate of drug-likeness (QED) is 0.513. The lowest BCUT2D eigenvalue weighted by molar-refractivity contribution is 0.244. The molecule has 3 heterocycles. The summed E-state index contributed by atoms with van der Waals surface area (Å²) < 4.78 is 1.07. The maximum absolute atomic E-state index is 6.14. The van der Waals surface area contributed by atoms with Crippen molar-refractivity contribution in [3.8, 4) is 0 Å². The molecule has 2 N–H and O–H groups in total. The molecular formula is C22H21BrN6. The summed E-state index contributed by atoms with van der Waals surface area (Å²) in [5.74, 6) is 1.34. The van der Waals surface area contributed by atoms with Crippen LogP contribution in [0.1, 0.15) is 5.82 Å². The number of fused-ring (bicyclic) bond motifs is 2. The van der Waals surface area contributed by atoms with Crippen LogP contribution in [0.2, 0.25) is 0 Å². The number of nitrogen functional groups attached to an aromatic ring is 1. The Hall–Kier alpha value is -2.77. The predicted molar refractivity (Wildman–Crippen MR) is 121 cm³/mol. The highest BCUT2D eigenvalue weighted by molar-refractivity contribution is 9.10. The number of pyridine rings is 1. The molecule has 0 radical (unpaired) electrons. The highest BCUT2D eigenvalue weighted by atomic mass is 79.9. The Kier molecular flexibility index (Phi) is 4.77. The van der Waals surface area contributed by atoms with E-state index in [0.29, 0.717) is 12.4 Å². The number of anilines is 2. The minimum atomic E-state index is 0.554. The van der Waals surface area contributed by atoms with Crippen molar-refractivity contribution < 1.29 is 0 Å². The van der Waals surface area contributed by atoms with E-state index in [1.54, 1.807) is 0 Å². The number of benzene rings is 2. The van der Waals surface area contributed by atoms with Crippen LogP contribution in [0.3, 0.4) is 0 Å². The Balaban J connectivity index is 1.32. The zero-order valence-electron chi connectivity index (χ0n) is 15.9. The predicted octanol–water partition coefficient (Wildman–Crippen LogP) is 3.84. The average Bonchev–Trinajstić information content (AvgIpc) is 2.74. The Morgan fingerprint density at radius 3 is 2.59 bits per heavy atom. The average molecular weight is 449 g/mol. The summed E-state index contributed by atoms with van der Waals surface area (Å²) in [6.45, 7) is 4.52. The molecule has 1 aliphatic heterocycles. The van der Waals surface area contributed by atoms with Gasteiger partial charge in [0.1, 0.15) is 11.6 Å². The van der Waals surface area contributed by atoms with Gasteiger partial charge in [0.05, 0.1) is 17.6 Å². The smallest absolute Gasteiger partial charge is 0.145 e. The molecule has 7 heteroatoms. The molecule has 0 unspecified atom stereocenters. The Labute approximate surface area is 177 Å². The number of para-hydroxylation sites is 1. The fourth-order valence-electron chi connectivity index (χ4n) is 3.95. The highest BCUT2D eigenvalue weighted by Gasteiger charge is 2.20. The molecular weight excluding hydrogens is 428 g/mol. The van der Waals surface area contributed by atoms with Crippen LogP contribution in [0.15, 0.2) is 59.2 Å². The van der Waals surface area contributed by atoms with E-state index >= 15 is 0 Å². The summed E-state index contributed by atoms with van der Waals surface area (Å²) in [7, 11) is 0. The first-order valence-corrected chi connectivity index (χ1v) is 10.5. The maximum Gasteiger partial charge on any atom is 0.145 e. The number of hydrogen-bond donors (Lipinski definition) is 1. The second-order valence-corrected chi connectivity index (χ2v) is 8.21. The van der Waals surface area contributed by atoms with Gasteiger partial charge in [-0.3, -0.25) is 9.88 Å². The highest BCUT2D eigenvalue weighted by Crippen LogP contribution is 2.29. The molecule has 6 nitrogen and oxygen atoms in total. The first-order valence-electron chi connectivity index (χ1n) is 9.70. The number of nitrogens with two attached hydrogens (primary N) is 1. The van der Waals surface area contributed by atoms with Crippen LogP contribution in [0.5, 0.6) is 0 Å². The summed E-state index contributed by atoms with van der Waals surface area (Å²) in [5.41, 5.74) is 9.30. The molecule has 0 spiro atoms. The van der Waals surface area contributed by atoms with Crippen molar-refractivity contribution >= 4 is 49.2 Å². The zero-order chi connectivity index (χ0) is 19.8. The third-order valence-electron chi connectivity index (χ3n) is 5.44. The lowest BCUT2D eigenvalue weighted by Crippen LogP contribution is -2.46. The molecule has 1 saturated heterocycles. The van der Waals surface area contributed by atoms with Gasteiger partial charge < -0.3 is 10.6 Å². The molecule has 1 fully saturated rings. The first kappa shape index (κ1) is 18.3. The van der Waals surface area contributed by atoms with Crippen molar-refractivity contribution in [1.82, 2.24) is 19.9 Å². The largest absolute Gasteiger partial charge is 0.383 e. The van der Waals surface area contributed by atoms with Crippen LogP contribution in [0, 0.1) is 0 Å². The van der Waals surface area contributed by atoms with Gasteiger partial charge in [-0.05, 0) is 36.4 Å². The topological polar surface area (TPSA) is 71.2 Å². The zero-order valence-corrected chi connectivity index (χ0v) is 17.5. The van der Waals surface area contributed by atoms with Crippen molar-refractivity contribution in [1.29, 1.82) is 0 Å². The van der Waals surface area contributed by atoms with Gasteiger partial charge >= 0.3 is 0 Å². The molecule has 1 aliphatic rings. The fourth-order valence-corrected chi connectivity index (χ4v) is 4.31. The SMILES string of the molecule is Nc1nc(CN2CCN(c3ccnc4ccc(Br)cc34)CC2)nc2ccccc12. The molecule has 2 aromatic heterocycles. The van der Waals surface area contributed by atoms with Crippen LogP contribution in [-0.4, -0.2) is 46.0 Å². The van der Waals surface area contributed by atoms with Crippen LogP contribution in [0.4, 0.5) is 11.5 Å². The summed E-state index contributed by atoms with van der Waals surface area (Å²) in [4.78, 5) is 18.5. The number of aromatic nitrogens is 3. The van der Waals surface area contributed by atoms with E-state index in [-0.39, 0.29) is 0 Å². The number of piperazine rings is 1. The minimum Gasteiger partial charge on any atom is -0.383 e. The van der Waals surface area contributed by atoms with Crippen molar-refractivity contribution in [3.63, 3.8) is 0 Å². The Bertz CT molecular complexity index is 1190. The third-order valence-corrected chi connectivity index (χ3v) is 5.93. The molecule has 4 aromatic rings. The van der Waals surface area contributed by atoms with Gasteiger partial charge in [-0.2, -0.15) is 0 Å². The molecule has 0 bridgehead atoms. The van der Waals surface area contributed by atoms with Crippen molar-refractivity contribution in [2.45, 2.75) is 6.54 Å². The minimum absolute atomic E-state index is 0.554. The monoisotopic (exact) mass is 448 g/mol. The Morgan fingerprint density at radius 1 is 0.897 bits per heavy atom. The standard InChI is InChI=1S/C22H21BrN6/c23-15-5-6-18-17(13-15)20(7-8-25-18)29-11-9-28(10-12-29)14-21-26-19-4-2-1-3-16(19)22(24)27-21/h1-8,13H,9-12,14H2,(H2,24,26,27). The van der Waals surface area contributed by atoms with Gasteiger partial charge in [0.15, 0.2) is 0 Å². The molecule has 2 aromatic carbocycles. The lowest BCUT2D eigenvalue weighted by Gasteiger charge is -2.36. The molecule has 29 heavy (non-hydrogen) atoms. The van der Waals surface area contributed by atoms with E-state index in [2.05, 4.69) is 53.9 Å². The van der Waals surface area contributed by atoms with Crippen molar-refractivity contribution in [2.24, 2.45) is 0 Å². The van der Waals surface area contributed by atoms with Gasteiger partial charge in [-0.15, -0.1) is 0 Å². The second-order valence-electron chi connectivity index (χ2n) is 7.30. The second kappa shape index (κ2) is 7.57. The summed E-state index contributed by atoms with van der Waals surface area (Å²) in [6.07, 6.45) is 1.89. The van der Waals surface area contributed by atoms with Gasteiger partial charge in [-0.1, -0.05) is 28.1 Å². The normalized spacial score (nSPS) is 15.3. The number of halogens is 1. The van der Waals surface area contributed by atoms with Gasteiger partial charge in [-0.25, -0.2) is 9.97 Å². The van der Waals surface area contributed by atoms with E-state index in [1.165, 1.54) is 11.1 Å². The maximum atomic E-state index is 6.14. The summed E-state index contributed by atoms with van der Waals surface area (Å²) in [6, 6.07) is 16.2. The fraction of sp³-hybridized carbons (Fsp3) is 0.227. The number of hydrogen-bond acceptors (Lipinski definition) is 6. The lowest BCUT2D eigenvalue weighted by atomic mass is 10.1. The molecule has 0 atom stereocenters. The molecule has 0 amide bonds. The van der Waals surface area contributed by atoms with E-state index < -0.39 is 0 Å². The molecule has 5 rings (SSSR count). The summed E-state index contributed by atoms with van der Waals surface area (Å²) in [5, 5.41) is 2.10. The van der Waals surface area contributed by atoms with E-state index in [0.717, 1.165) is 52.9 Å². The van der Waals surface area contributed by atoms with Gasteiger partial charge in [0, 0.05) is 53.3 Å². The molecule has 146 valence electrons. The van der Waals surface area contributed by atoms with Gasteiger partial charge in [0.2, 0.25) is 0 Å². The van der Waals surface area contributed by atoms with E-state index in [9.17, 15) is 0 Å². The van der Waals surface area contributed by atoms with Crippen LogP contribution >= 0.6 is 15.9 Å². The van der Waals surface area contributed by atoms with Crippen LogP contribution < -0.4 is 10.6 Å². The third kappa shape index (κ3) is 3.63. The first-order chi connectivity index (χ1) is 14.2. The van der Waals surface area contributed by atoms with E-state index in [1.807, 2.05) is 36.5 Å².